The lowest BCUT2D eigenvalue weighted by molar-refractivity contribution is -0.345. The van der Waals surface area contributed by atoms with Crippen LogP contribution >= 0.6 is 0 Å². The van der Waals surface area contributed by atoms with Crippen molar-refractivity contribution < 1.29 is 59.5 Å². The lowest BCUT2D eigenvalue weighted by Gasteiger charge is -2.46. The molecule has 2 unspecified atom stereocenters. The van der Waals surface area contributed by atoms with E-state index in [9.17, 15) is 40.5 Å². The second-order valence-electron chi connectivity index (χ2n) is 6.59. The number of alkyl carbamates (subject to hydrolysis) is 1. The normalized spacial score (nSPS) is 42.9. The summed E-state index contributed by atoms with van der Waals surface area (Å²) in [7, 11) is 0. The van der Waals surface area contributed by atoms with E-state index in [0.29, 0.717) is 0 Å². The molecule has 0 aromatic carbocycles. The van der Waals surface area contributed by atoms with Gasteiger partial charge in [-0.25, -0.2) is 4.79 Å². The first-order valence-electron chi connectivity index (χ1n) is 8.87. The first-order chi connectivity index (χ1) is 13.7. The molecule has 2 heterocycles. The van der Waals surface area contributed by atoms with E-state index in [4.69, 9.17) is 18.9 Å². The molecule has 2 saturated heterocycles. The van der Waals surface area contributed by atoms with Crippen LogP contribution in [0.5, 0.6) is 0 Å². The number of ether oxygens (including phenoxy) is 4. The third-order valence-electron chi connectivity index (χ3n) is 4.63. The fourth-order valence-electron chi connectivity index (χ4n) is 3.05. The highest BCUT2D eigenvalue weighted by molar-refractivity contribution is 5.67. The zero-order chi connectivity index (χ0) is 21.7. The first-order valence-corrected chi connectivity index (χ1v) is 8.87. The van der Waals surface area contributed by atoms with E-state index in [2.05, 4.69) is 11.9 Å². The average Bonchev–Trinajstić information content (AvgIpc) is 2.71. The first kappa shape index (κ1) is 23.9. The molecule has 1 amide bonds. The second-order valence-corrected chi connectivity index (χ2v) is 6.59. The minimum Gasteiger partial charge on any atom is -0.445 e. The van der Waals surface area contributed by atoms with Gasteiger partial charge in [-0.15, -0.1) is 0 Å². The summed E-state index contributed by atoms with van der Waals surface area (Å²) in [5.41, 5.74) is 0. The highest BCUT2D eigenvalue weighted by atomic mass is 16.7. The van der Waals surface area contributed by atoms with E-state index in [-0.39, 0.29) is 6.61 Å². The number of hydrogen-bond donors (Lipinski definition) is 8. The van der Waals surface area contributed by atoms with Gasteiger partial charge in [-0.3, -0.25) is 0 Å². The van der Waals surface area contributed by atoms with E-state index in [1.165, 1.54) is 6.08 Å². The highest BCUT2D eigenvalue weighted by Gasteiger charge is 2.50. The molecule has 2 aliphatic rings. The van der Waals surface area contributed by atoms with Crippen LogP contribution in [0.2, 0.25) is 0 Å². The molecule has 0 aromatic heterocycles. The summed E-state index contributed by atoms with van der Waals surface area (Å²) in [5, 5.41) is 71.2. The smallest absolute Gasteiger partial charge is 0.407 e. The Morgan fingerprint density at radius 3 is 2.21 bits per heavy atom. The zero-order valence-corrected chi connectivity index (χ0v) is 15.4. The highest BCUT2D eigenvalue weighted by Crippen LogP contribution is 2.28. The van der Waals surface area contributed by atoms with Gasteiger partial charge in [-0.1, -0.05) is 12.7 Å². The number of carbonyl (C=O) groups excluding carboxylic acids is 1. The van der Waals surface area contributed by atoms with Crippen molar-refractivity contribution in [1.82, 2.24) is 5.32 Å². The van der Waals surface area contributed by atoms with Crippen molar-refractivity contribution in [3.8, 4) is 0 Å². The average molecular weight is 425 g/mol. The maximum absolute atomic E-state index is 11.7. The minimum absolute atomic E-state index is 0.129. The van der Waals surface area contributed by atoms with Crippen LogP contribution in [0.15, 0.2) is 12.7 Å². The summed E-state index contributed by atoms with van der Waals surface area (Å²) in [6.07, 6.45) is -13.8. The Morgan fingerprint density at radius 1 is 0.966 bits per heavy atom. The number of amides is 1. The van der Waals surface area contributed by atoms with E-state index in [0.717, 1.165) is 0 Å². The topological polar surface area (TPSA) is 208 Å². The van der Waals surface area contributed by atoms with E-state index >= 15 is 0 Å². The van der Waals surface area contributed by atoms with Crippen LogP contribution in [-0.2, 0) is 18.9 Å². The standard InChI is InChI=1S/C16H27NO12/c1-2-3-26-16(25)17-8-10(21)13(7(5-19)27-14(8)24)29-15-12(23)11(22)9(20)6(4-18)28-15/h2,6-15,18-24H,1,3-5H2,(H,17,25)/t6?,7?,8-,9-,10+,11+,12+,13-,14-,15-/m0/s1. The predicted octanol–water partition coefficient (Wildman–Crippen LogP) is -4.48. The third-order valence-corrected chi connectivity index (χ3v) is 4.63. The fourth-order valence-corrected chi connectivity index (χ4v) is 3.05. The van der Waals surface area contributed by atoms with Crippen LogP contribution in [0.1, 0.15) is 0 Å². The monoisotopic (exact) mass is 425 g/mol. The molecule has 0 aromatic rings. The quantitative estimate of drug-likeness (QED) is 0.182. The van der Waals surface area contributed by atoms with Crippen LogP contribution < -0.4 is 5.32 Å². The molecule has 10 atom stereocenters. The summed E-state index contributed by atoms with van der Waals surface area (Å²) in [6.45, 7) is 1.82. The van der Waals surface area contributed by atoms with Crippen LogP contribution in [-0.4, -0.2) is 123 Å². The van der Waals surface area contributed by atoms with Crippen molar-refractivity contribution in [2.75, 3.05) is 19.8 Å². The van der Waals surface area contributed by atoms with Crippen molar-refractivity contribution >= 4 is 6.09 Å². The Kier molecular flexibility index (Phi) is 8.72. The molecule has 13 nitrogen and oxygen atoms in total. The van der Waals surface area contributed by atoms with Gasteiger partial charge in [0.15, 0.2) is 12.6 Å². The summed E-state index contributed by atoms with van der Waals surface area (Å²) >= 11 is 0. The molecule has 0 bridgehead atoms. The molecule has 8 N–H and O–H groups in total. The number of carbonyl (C=O) groups is 1. The molecule has 0 radical (unpaired) electrons. The van der Waals surface area contributed by atoms with Crippen LogP contribution in [0.25, 0.3) is 0 Å². The zero-order valence-electron chi connectivity index (χ0n) is 15.4. The summed E-state index contributed by atoms with van der Waals surface area (Å²) < 4.78 is 20.5. The Bertz CT molecular complexity index is 548. The summed E-state index contributed by atoms with van der Waals surface area (Å²) in [6, 6.07) is -1.44. The van der Waals surface area contributed by atoms with Crippen molar-refractivity contribution in [3.05, 3.63) is 12.7 Å². The van der Waals surface area contributed by atoms with E-state index < -0.39 is 80.7 Å². The van der Waals surface area contributed by atoms with Gasteiger partial charge in [0.2, 0.25) is 0 Å². The second kappa shape index (κ2) is 10.6. The van der Waals surface area contributed by atoms with Gasteiger partial charge in [-0.05, 0) is 0 Å². The van der Waals surface area contributed by atoms with Crippen LogP contribution in [0, 0.1) is 0 Å². The third kappa shape index (κ3) is 5.40. The van der Waals surface area contributed by atoms with Gasteiger partial charge in [0.25, 0.3) is 0 Å². The summed E-state index contributed by atoms with van der Waals surface area (Å²) in [5.74, 6) is 0. The minimum atomic E-state index is -1.77. The lowest BCUT2D eigenvalue weighted by atomic mass is 9.95. The van der Waals surface area contributed by atoms with Crippen molar-refractivity contribution in [3.63, 3.8) is 0 Å². The predicted molar refractivity (Wildman–Crippen MR) is 91.1 cm³/mol. The Hall–Kier alpha value is -1.39. The SMILES string of the molecule is C=CCOC(=O)N[C@H]1[C@@H](O)[C@@H](O[C@@H]2OC(CO)[C@H](O)[C@@H](O)[C@H]2O)C(CO)O[C@@H]1O. The maximum atomic E-state index is 11.7. The molecule has 168 valence electrons. The number of nitrogens with one attached hydrogen (secondary N) is 1. The van der Waals surface area contributed by atoms with E-state index in [1.54, 1.807) is 0 Å². The molecular formula is C16H27NO12. The van der Waals surface area contributed by atoms with Crippen LogP contribution in [0.4, 0.5) is 4.79 Å². The van der Waals surface area contributed by atoms with Gasteiger partial charge in [0.1, 0.15) is 55.4 Å². The van der Waals surface area contributed by atoms with Crippen LogP contribution in [0.3, 0.4) is 0 Å². The Morgan fingerprint density at radius 2 is 1.62 bits per heavy atom. The number of aliphatic hydroxyl groups excluding tert-OH is 7. The molecule has 29 heavy (non-hydrogen) atoms. The molecule has 0 spiro atoms. The number of rotatable bonds is 7. The molecule has 2 fully saturated rings. The molecule has 0 saturated carbocycles. The molecular weight excluding hydrogens is 398 g/mol. The Balaban J connectivity index is 2.13. The maximum Gasteiger partial charge on any atom is 0.407 e. The van der Waals surface area contributed by atoms with Crippen molar-refractivity contribution in [2.24, 2.45) is 0 Å². The largest absolute Gasteiger partial charge is 0.445 e. The lowest BCUT2D eigenvalue weighted by Crippen LogP contribution is -2.67. The summed E-state index contributed by atoms with van der Waals surface area (Å²) in [4.78, 5) is 11.7. The van der Waals surface area contributed by atoms with Gasteiger partial charge in [0.05, 0.1) is 13.2 Å². The number of hydrogen-bond acceptors (Lipinski definition) is 12. The van der Waals surface area contributed by atoms with Gasteiger partial charge in [-0.2, -0.15) is 0 Å². The molecule has 2 rings (SSSR count). The van der Waals surface area contributed by atoms with Crippen molar-refractivity contribution in [2.45, 2.75) is 61.3 Å². The molecule has 0 aliphatic carbocycles. The Labute approximate surface area is 165 Å². The van der Waals surface area contributed by atoms with Gasteiger partial charge in [0, 0.05) is 0 Å². The van der Waals surface area contributed by atoms with E-state index in [1.807, 2.05) is 0 Å². The number of aliphatic hydroxyl groups is 7. The fraction of sp³-hybridized carbons (Fsp3) is 0.812. The van der Waals surface area contributed by atoms with Gasteiger partial charge < -0.3 is 60.0 Å². The molecule has 2 aliphatic heterocycles. The molecule has 13 heteroatoms. The van der Waals surface area contributed by atoms with Crippen molar-refractivity contribution in [1.29, 1.82) is 0 Å². The van der Waals surface area contributed by atoms with Gasteiger partial charge >= 0.3 is 6.09 Å².